The standard InChI is InChI=1S/C19H23F3N4O2.HI/c1-26(2)16(15-6-4-5-7-17(15)27-3)12-24-18(23)25-13-8-10-14(11-9-13)28-19(20,21)22;/h4-11,16H,12H2,1-3H3,(H3,23,24,25);1H. The number of nitrogens with one attached hydrogen (secondary N) is 1. The van der Waals surface area contributed by atoms with Gasteiger partial charge in [0.15, 0.2) is 5.96 Å². The lowest BCUT2D eigenvalue weighted by molar-refractivity contribution is -0.274. The molecular formula is C19H24F3IN4O2. The van der Waals surface area contributed by atoms with Crippen LogP contribution in [0.4, 0.5) is 18.9 Å². The van der Waals surface area contributed by atoms with Gasteiger partial charge < -0.3 is 25.4 Å². The van der Waals surface area contributed by atoms with Gasteiger partial charge in [-0.15, -0.1) is 37.1 Å². The molecule has 10 heteroatoms. The van der Waals surface area contributed by atoms with Crippen molar-refractivity contribution >= 4 is 35.6 Å². The third-order valence-corrected chi connectivity index (χ3v) is 3.92. The molecule has 0 fully saturated rings. The molecule has 0 aliphatic carbocycles. The number of ether oxygens (including phenoxy) is 2. The Balaban J connectivity index is 0.00000420. The van der Waals surface area contributed by atoms with Crippen LogP contribution in [-0.4, -0.2) is 45.0 Å². The zero-order valence-electron chi connectivity index (χ0n) is 16.2. The van der Waals surface area contributed by atoms with E-state index in [1.165, 1.54) is 24.3 Å². The topological polar surface area (TPSA) is 72.1 Å². The molecule has 0 saturated heterocycles. The Morgan fingerprint density at radius 3 is 2.31 bits per heavy atom. The third kappa shape index (κ3) is 7.97. The SMILES string of the molecule is COc1ccccc1C(CN=C(N)Nc1ccc(OC(F)(F)F)cc1)N(C)C.I. The van der Waals surface area contributed by atoms with Crippen LogP contribution in [0.5, 0.6) is 11.5 Å². The Labute approximate surface area is 184 Å². The number of nitrogens with zero attached hydrogens (tertiary/aromatic N) is 2. The summed E-state index contributed by atoms with van der Waals surface area (Å²) in [5, 5.41) is 2.85. The maximum atomic E-state index is 12.2. The zero-order chi connectivity index (χ0) is 20.7. The molecule has 2 aromatic rings. The Morgan fingerprint density at radius 2 is 1.76 bits per heavy atom. The lowest BCUT2D eigenvalue weighted by Gasteiger charge is -2.25. The fourth-order valence-corrected chi connectivity index (χ4v) is 2.59. The van der Waals surface area contributed by atoms with Crippen LogP contribution >= 0.6 is 24.0 Å². The van der Waals surface area contributed by atoms with Gasteiger partial charge in [0.05, 0.1) is 19.7 Å². The van der Waals surface area contributed by atoms with Crippen molar-refractivity contribution in [1.82, 2.24) is 4.90 Å². The molecule has 0 radical (unpaired) electrons. The summed E-state index contributed by atoms with van der Waals surface area (Å²) in [6.45, 7) is 0.363. The maximum Gasteiger partial charge on any atom is 0.573 e. The second-order valence-electron chi connectivity index (χ2n) is 6.14. The second kappa shape index (κ2) is 11.1. The van der Waals surface area contributed by atoms with Crippen molar-refractivity contribution < 1.29 is 22.6 Å². The Morgan fingerprint density at radius 1 is 1.14 bits per heavy atom. The minimum absolute atomic E-state index is 0. The van der Waals surface area contributed by atoms with E-state index in [0.29, 0.717) is 12.2 Å². The quantitative estimate of drug-likeness (QED) is 0.322. The van der Waals surface area contributed by atoms with Gasteiger partial charge in [0.25, 0.3) is 0 Å². The smallest absolute Gasteiger partial charge is 0.496 e. The lowest BCUT2D eigenvalue weighted by Crippen LogP contribution is -2.27. The molecule has 2 rings (SSSR count). The summed E-state index contributed by atoms with van der Waals surface area (Å²) in [7, 11) is 5.46. The average Bonchev–Trinajstić information content (AvgIpc) is 2.62. The minimum Gasteiger partial charge on any atom is -0.496 e. The first-order chi connectivity index (χ1) is 13.2. The molecule has 0 amide bonds. The maximum absolute atomic E-state index is 12.2. The number of alkyl halides is 3. The number of rotatable bonds is 7. The van der Waals surface area contributed by atoms with Gasteiger partial charge in [-0.25, -0.2) is 0 Å². The summed E-state index contributed by atoms with van der Waals surface area (Å²) in [4.78, 5) is 6.35. The van der Waals surface area contributed by atoms with Crippen LogP contribution in [0, 0.1) is 0 Å². The number of hydrogen-bond donors (Lipinski definition) is 2. The van der Waals surface area contributed by atoms with Gasteiger partial charge in [0.2, 0.25) is 0 Å². The summed E-state index contributed by atoms with van der Waals surface area (Å²) >= 11 is 0. The van der Waals surface area contributed by atoms with Crippen LogP contribution in [0.15, 0.2) is 53.5 Å². The van der Waals surface area contributed by atoms with Crippen molar-refractivity contribution in [3.05, 3.63) is 54.1 Å². The molecule has 2 aromatic carbocycles. The van der Waals surface area contributed by atoms with Gasteiger partial charge in [-0.1, -0.05) is 18.2 Å². The van der Waals surface area contributed by atoms with E-state index in [9.17, 15) is 13.2 Å². The molecule has 1 atom stereocenters. The van der Waals surface area contributed by atoms with Crippen LogP contribution in [0.25, 0.3) is 0 Å². The number of methoxy groups -OCH3 is 1. The molecule has 1 unspecified atom stereocenters. The second-order valence-corrected chi connectivity index (χ2v) is 6.14. The van der Waals surface area contributed by atoms with Crippen molar-refractivity contribution in [3.63, 3.8) is 0 Å². The monoisotopic (exact) mass is 524 g/mol. The minimum atomic E-state index is -4.73. The van der Waals surface area contributed by atoms with E-state index in [2.05, 4.69) is 15.0 Å². The number of hydrogen-bond acceptors (Lipinski definition) is 4. The number of aliphatic imine (C=N–C) groups is 1. The molecule has 0 aliphatic heterocycles. The normalized spacial score (nSPS) is 12.9. The van der Waals surface area contributed by atoms with Crippen molar-refractivity contribution in [2.24, 2.45) is 10.7 Å². The Kier molecular flexibility index (Phi) is 9.50. The number of para-hydroxylation sites is 1. The summed E-state index contributed by atoms with van der Waals surface area (Å²) in [6.07, 6.45) is -4.73. The van der Waals surface area contributed by atoms with E-state index in [1.807, 2.05) is 43.3 Å². The average molecular weight is 524 g/mol. The summed E-state index contributed by atoms with van der Waals surface area (Å²) in [6, 6.07) is 12.8. The molecular weight excluding hydrogens is 500 g/mol. The van der Waals surface area contributed by atoms with Crippen LogP contribution in [0.2, 0.25) is 0 Å². The van der Waals surface area contributed by atoms with Crippen LogP contribution in [-0.2, 0) is 0 Å². The highest BCUT2D eigenvalue weighted by Crippen LogP contribution is 2.28. The number of guanidine groups is 1. The fraction of sp³-hybridized carbons (Fsp3) is 0.316. The molecule has 6 nitrogen and oxygen atoms in total. The Hall–Kier alpha value is -2.21. The molecule has 3 N–H and O–H groups in total. The first kappa shape index (κ1) is 24.8. The predicted molar refractivity (Wildman–Crippen MR) is 118 cm³/mol. The predicted octanol–water partition coefficient (Wildman–Crippen LogP) is 4.24. The van der Waals surface area contributed by atoms with E-state index >= 15 is 0 Å². The van der Waals surface area contributed by atoms with Crippen molar-refractivity contribution in [3.8, 4) is 11.5 Å². The highest BCUT2D eigenvalue weighted by atomic mass is 127. The van der Waals surface area contributed by atoms with Crippen molar-refractivity contribution in [2.75, 3.05) is 33.1 Å². The molecule has 160 valence electrons. The van der Waals surface area contributed by atoms with E-state index in [1.54, 1.807) is 7.11 Å². The fourth-order valence-electron chi connectivity index (χ4n) is 2.59. The van der Waals surface area contributed by atoms with Crippen LogP contribution < -0.4 is 20.5 Å². The van der Waals surface area contributed by atoms with Gasteiger partial charge in [0.1, 0.15) is 11.5 Å². The first-order valence-corrected chi connectivity index (χ1v) is 8.41. The molecule has 0 saturated carbocycles. The third-order valence-electron chi connectivity index (χ3n) is 3.92. The molecule has 0 bridgehead atoms. The highest BCUT2D eigenvalue weighted by molar-refractivity contribution is 14.0. The van der Waals surface area contributed by atoms with E-state index in [4.69, 9.17) is 10.5 Å². The lowest BCUT2D eigenvalue weighted by atomic mass is 10.0. The molecule has 0 spiro atoms. The summed E-state index contributed by atoms with van der Waals surface area (Å²) in [5.41, 5.74) is 7.39. The molecule has 29 heavy (non-hydrogen) atoms. The number of anilines is 1. The van der Waals surface area contributed by atoms with Gasteiger partial charge in [0, 0.05) is 11.3 Å². The van der Waals surface area contributed by atoms with Gasteiger partial charge in [-0.2, -0.15) is 0 Å². The number of benzene rings is 2. The van der Waals surface area contributed by atoms with Gasteiger partial charge in [-0.3, -0.25) is 4.99 Å². The highest BCUT2D eigenvalue weighted by Gasteiger charge is 2.30. The molecule has 0 heterocycles. The van der Waals surface area contributed by atoms with Crippen LogP contribution in [0.3, 0.4) is 0 Å². The summed E-state index contributed by atoms with van der Waals surface area (Å²) in [5.74, 6) is 0.590. The van der Waals surface area contributed by atoms with Gasteiger partial charge >= 0.3 is 6.36 Å². The number of nitrogens with two attached hydrogens (primary N) is 1. The van der Waals surface area contributed by atoms with Gasteiger partial charge in [-0.05, 0) is 44.4 Å². The molecule has 0 aromatic heterocycles. The van der Waals surface area contributed by atoms with E-state index < -0.39 is 6.36 Å². The van der Waals surface area contributed by atoms with Crippen molar-refractivity contribution in [2.45, 2.75) is 12.4 Å². The largest absolute Gasteiger partial charge is 0.573 e. The molecule has 0 aliphatic rings. The number of likely N-dealkylation sites (N-methyl/N-ethyl adjacent to an activating group) is 1. The first-order valence-electron chi connectivity index (χ1n) is 8.41. The summed E-state index contributed by atoms with van der Waals surface area (Å²) < 4.78 is 45.8. The van der Waals surface area contributed by atoms with Crippen LogP contribution in [0.1, 0.15) is 11.6 Å². The Bertz CT molecular complexity index is 799. The van der Waals surface area contributed by atoms with Crippen molar-refractivity contribution in [1.29, 1.82) is 0 Å². The van der Waals surface area contributed by atoms with E-state index in [-0.39, 0.29) is 41.7 Å². The zero-order valence-corrected chi connectivity index (χ0v) is 18.6. The van der Waals surface area contributed by atoms with E-state index in [0.717, 1.165) is 11.3 Å². The number of halogens is 4.